The number of carboxylic acids is 1. The molecule has 1 aromatic carbocycles. The maximum Gasteiger partial charge on any atom is 0.339 e. The highest BCUT2D eigenvalue weighted by Gasteiger charge is 2.14. The predicted molar refractivity (Wildman–Crippen MR) is 75.4 cm³/mol. The van der Waals surface area contributed by atoms with Gasteiger partial charge in [-0.05, 0) is 30.3 Å². The number of carbonyl (C=O) groups is 2. The van der Waals surface area contributed by atoms with Crippen LogP contribution in [0.5, 0.6) is 5.75 Å². The van der Waals surface area contributed by atoms with Crippen molar-refractivity contribution in [3.63, 3.8) is 0 Å². The van der Waals surface area contributed by atoms with Gasteiger partial charge in [0.15, 0.2) is 0 Å². The fourth-order valence-corrected chi connectivity index (χ4v) is 1.79. The van der Waals surface area contributed by atoms with Crippen molar-refractivity contribution in [2.45, 2.75) is 6.54 Å². The molecule has 0 aliphatic carbocycles. The Hall–Kier alpha value is -2.89. The minimum Gasteiger partial charge on any atom is -0.496 e. The van der Waals surface area contributed by atoms with Crippen LogP contribution in [-0.2, 0) is 6.54 Å². The molecule has 0 aliphatic rings. The van der Waals surface area contributed by atoms with Crippen molar-refractivity contribution < 1.29 is 19.4 Å². The van der Waals surface area contributed by atoms with Gasteiger partial charge >= 0.3 is 5.97 Å². The highest BCUT2D eigenvalue weighted by atomic mass is 16.5. The number of amides is 1. The number of methoxy groups -OCH3 is 1. The third kappa shape index (κ3) is 3.56. The average molecular weight is 286 g/mol. The Morgan fingerprint density at radius 1 is 1.29 bits per heavy atom. The standard InChI is InChI=1S/C15H14N2O4/c1-21-13-6-5-10(8-12(13)15(19)20)14(18)17-9-11-4-2-3-7-16-11/h2-8H,9H2,1H3,(H,17,18)(H,19,20). The first-order chi connectivity index (χ1) is 10.1. The van der Waals surface area contributed by atoms with Gasteiger partial charge in [-0.2, -0.15) is 0 Å². The zero-order valence-electron chi connectivity index (χ0n) is 11.4. The molecule has 2 N–H and O–H groups in total. The zero-order chi connectivity index (χ0) is 15.2. The number of pyridine rings is 1. The number of hydrogen-bond acceptors (Lipinski definition) is 4. The number of rotatable bonds is 5. The van der Waals surface area contributed by atoms with Crippen molar-refractivity contribution in [1.29, 1.82) is 0 Å². The second-order valence-electron chi connectivity index (χ2n) is 4.22. The molecular formula is C15H14N2O4. The lowest BCUT2D eigenvalue weighted by Gasteiger charge is -2.08. The van der Waals surface area contributed by atoms with Crippen molar-refractivity contribution in [2.75, 3.05) is 7.11 Å². The molecule has 2 aromatic rings. The molecule has 1 amide bonds. The van der Waals surface area contributed by atoms with E-state index in [4.69, 9.17) is 9.84 Å². The summed E-state index contributed by atoms with van der Waals surface area (Å²) in [6.45, 7) is 0.272. The summed E-state index contributed by atoms with van der Waals surface area (Å²) in [5.41, 5.74) is 0.921. The Morgan fingerprint density at radius 2 is 2.10 bits per heavy atom. The fourth-order valence-electron chi connectivity index (χ4n) is 1.79. The Labute approximate surface area is 121 Å². The van der Waals surface area contributed by atoms with Crippen LogP contribution in [-0.4, -0.2) is 29.1 Å². The number of nitrogens with one attached hydrogen (secondary N) is 1. The number of carbonyl (C=O) groups excluding carboxylic acids is 1. The van der Waals surface area contributed by atoms with Gasteiger partial charge in [0.2, 0.25) is 0 Å². The zero-order valence-corrected chi connectivity index (χ0v) is 11.4. The number of ether oxygens (including phenoxy) is 1. The fraction of sp³-hybridized carbons (Fsp3) is 0.133. The topological polar surface area (TPSA) is 88.5 Å². The third-order valence-corrected chi connectivity index (χ3v) is 2.85. The van der Waals surface area contributed by atoms with Gasteiger partial charge in [0.25, 0.3) is 5.91 Å². The predicted octanol–water partition coefficient (Wildman–Crippen LogP) is 1.72. The van der Waals surface area contributed by atoms with E-state index < -0.39 is 5.97 Å². The summed E-state index contributed by atoms with van der Waals surface area (Å²) in [4.78, 5) is 27.2. The Kier molecular flexibility index (Phi) is 4.50. The van der Waals surface area contributed by atoms with Crippen molar-refractivity contribution in [3.05, 3.63) is 59.4 Å². The lowest BCUT2D eigenvalue weighted by atomic mass is 10.1. The summed E-state index contributed by atoms with van der Waals surface area (Å²) in [5, 5.41) is 11.8. The van der Waals surface area contributed by atoms with Crippen molar-refractivity contribution in [1.82, 2.24) is 10.3 Å². The summed E-state index contributed by atoms with van der Waals surface area (Å²) in [5.74, 6) is -1.30. The summed E-state index contributed by atoms with van der Waals surface area (Å²) in [7, 11) is 1.38. The second kappa shape index (κ2) is 6.51. The van der Waals surface area contributed by atoms with Crippen molar-refractivity contribution in [2.24, 2.45) is 0 Å². The molecule has 6 nitrogen and oxygen atoms in total. The molecule has 0 unspecified atom stereocenters. The molecule has 0 saturated carbocycles. The van der Waals surface area contributed by atoms with E-state index >= 15 is 0 Å². The van der Waals surface area contributed by atoms with Gasteiger partial charge in [0.05, 0.1) is 19.3 Å². The van der Waals surface area contributed by atoms with Crippen LogP contribution < -0.4 is 10.1 Å². The minimum atomic E-state index is -1.15. The minimum absolute atomic E-state index is 0.0528. The number of benzene rings is 1. The Morgan fingerprint density at radius 3 is 2.71 bits per heavy atom. The molecule has 0 spiro atoms. The van der Waals surface area contributed by atoms with Crippen LogP contribution >= 0.6 is 0 Å². The SMILES string of the molecule is COc1ccc(C(=O)NCc2ccccn2)cc1C(=O)O. The molecule has 1 aromatic heterocycles. The van der Waals surface area contributed by atoms with E-state index in [1.807, 2.05) is 6.07 Å². The van der Waals surface area contributed by atoms with Crippen molar-refractivity contribution in [3.8, 4) is 5.75 Å². The molecule has 0 bridgehead atoms. The van der Waals surface area contributed by atoms with E-state index in [2.05, 4.69) is 10.3 Å². The summed E-state index contributed by atoms with van der Waals surface area (Å²) in [6.07, 6.45) is 1.64. The summed E-state index contributed by atoms with van der Waals surface area (Å²) < 4.78 is 4.95. The van der Waals surface area contributed by atoms with Crippen LogP contribution in [0.3, 0.4) is 0 Å². The van der Waals surface area contributed by atoms with Crippen molar-refractivity contribution >= 4 is 11.9 Å². The van der Waals surface area contributed by atoms with E-state index in [1.54, 1.807) is 18.3 Å². The van der Waals surface area contributed by atoms with Crippen LogP contribution in [0.4, 0.5) is 0 Å². The maximum absolute atomic E-state index is 12.0. The number of nitrogens with zero attached hydrogens (tertiary/aromatic N) is 1. The molecule has 0 aliphatic heterocycles. The first kappa shape index (κ1) is 14.5. The number of aromatic nitrogens is 1. The van der Waals surface area contributed by atoms with Gasteiger partial charge in [-0.3, -0.25) is 9.78 Å². The van der Waals surface area contributed by atoms with E-state index in [0.29, 0.717) is 0 Å². The normalized spacial score (nSPS) is 9.95. The lowest BCUT2D eigenvalue weighted by molar-refractivity contribution is 0.0693. The lowest BCUT2D eigenvalue weighted by Crippen LogP contribution is -2.23. The van der Waals surface area contributed by atoms with Gasteiger partial charge in [-0.25, -0.2) is 4.79 Å². The second-order valence-corrected chi connectivity index (χ2v) is 4.22. The molecule has 6 heteroatoms. The largest absolute Gasteiger partial charge is 0.496 e. The van der Waals surface area contributed by atoms with E-state index in [-0.39, 0.29) is 29.3 Å². The highest BCUT2D eigenvalue weighted by molar-refractivity contribution is 5.98. The molecule has 108 valence electrons. The maximum atomic E-state index is 12.0. The first-order valence-electron chi connectivity index (χ1n) is 6.21. The monoisotopic (exact) mass is 286 g/mol. The highest BCUT2D eigenvalue weighted by Crippen LogP contribution is 2.19. The van der Waals surface area contributed by atoms with Gasteiger partial charge in [-0.1, -0.05) is 6.07 Å². The van der Waals surface area contributed by atoms with Crippen LogP contribution in [0.1, 0.15) is 26.4 Å². The Balaban J connectivity index is 2.12. The molecular weight excluding hydrogens is 272 g/mol. The van der Waals surface area contributed by atoms with Crippen LogP contribution in [0.2, 0.25) is 0 Å². The molecule has 0 radical (unpaired) electrons. The average Bonchev–Trinajstić information content (AvgIpc) is 2.52. The van der Waals surface area contributed by atoms with Crippen LogP contribution in [0.15, 0.2) is 42.6 Å². The van der Waals surface area contributed by atoms with Gasteiger partial charge in [0.1, 0.15) is 11.3 Å². The number of aromatic carboxylic acids is 1. The van der Waals surface area contributed by atoms with E-state index in [9.17, 15) is 9.59 Å². The third-order valence-electron chi connectivity index (χ3n) is 2.85. The molecule has 1 heterocycles. The number of hydrogen-bond donors (Lipinski definition) is 2. The molecule has 0 fully saturated rings. The first-order valence-corrected chi connectivity index (χ1v) is 6.21. The molecule has 0 saturated heterocycles. The molecule has 21 heavy (non-hydrogen) atoms. The molecule has 2 rings (SSSR count). The van der Waals surface area contributed by atoms with Gasteiger partial charge < -0.3 is 15.2 Å². The molecule has 0 atom stereocenters. The summed E-state index contributed by atoms with van der Waals surface area (Å²) in [6, 6.07) is 9.66. The van der Waals surface area contributed by atoms with Crippen LogP contribution in [0, 0.1) is 0 Å². The van der Waals surface area contributed by atoms with E-state index in [0.717, 1.165) is 5.69 Å². The summed E-state index contributed by atoms with van der Waals surface area (Å²) >= 11 is 0. The quantitative estimate of drug-likeness (QED) is 0.873. The smallest absolute Gasteiger partial charge is 0.339 e. The van der Waals surface area contributed by atoms with E-state index in [1.165, 1.54) is 25.3 Å². The van der Waals surface area contributed by atoms with Gasteiger partial charge in [0, 0.05) is 11.8 Å². The van der Waals surface area contributed by atoms with Crippen LogP contribution in [0.25, 0.3) is 0 Å². The Bertz CT molecular complexity index is 656. The number of carboxylic acid groups (broad SMARTS) is 1. The van der Waals surface area contributed by atoms with Gasteiger partial charge in [-0.15, -0.1) is 0 Å².